The first-order valence-electron chi connectivity index (χ1n) is 5.12. The summed E-state index contributed by atoms with van der Waals surface area (Å²) in [7, 11) is 0. The number of rotatable bonds is 2. The molecule has 0 unspecified atom stereocenters. The summed E-state index contributed by atoms with van der Waals surface area (Å²) in [5.74, 6) is 0. The van der Waals surface area contributed by atoms with Gasteiger partial charge in [0.2, 0.25) is 0 Å². The molecular formula is C13H6Cl4F2. The Morgan fingerprint density at radius 1 is 0.737 bits per heavy atom. The molecule has 0 N–H and O–H groups in total. The van der Waals surface area contributed by atoms with Gasteiger partial charge in [-0.25, -0.2) is 8.78 Å². The van der Waals surface area contributed by atoms with Crippen LogP contribution in [0.15, 0.2) is 30.3 Å². The lowest BCUT2D eigenvalue weighted by Crippen LogP contribution is -1.91. The molecule has 0 spiro atoms. The molecule has 0 nitrogen and oxygen atoms in total. The van der Waals surface area contributed by atoms with Crippen molar-refractivity contribution in [1.82, 2.24) is 0 Å². The predicted molar refractivity (Wildman–Crippen MR) is 76.9 cm³/mol. The molecule has 0 aliphatic heterocycles. The second-order valence-corrected chi connectivity index (χ2v) is 5.44. The molecule has 0 aliphatic carbocycles. The number of hydrogen-bond donors (Lipinski definition) is 0. The minimum atomic E-state index is -2.67. The summed E-state index contributed by atoms with van der Waals surface area (Å²) in [5.41, 5.74) is 0.471. The lowest BCUT2D eigenvalue weighted by atomic mass is 10.00. The van der Waals surface area contributed by atoms with Crippen molar-refractivity contribution in [3.8, 4) is 11.1 Å². The summed E-state index contributed by atoms with van der Waals surface area (Å²) in [5, 5.41) is 0.994. The van der Waals surface area contributed by atoms with Crippen molar-refractivity contribution in [3.05, 3.63) is 56.0 Å². The molecule has 0 amide bonds. The van der Waals surface area contributed by atoms with Crippen molar-refractivity contribution in [3.63, 3.8) is 0 Å². The van der Waals surface area contributed by atoms with Gasteiger partial charge in [-0.2, -0.15) is 0 Å². The molecule has 0 aromatic heterocycles. The molecule has 2 aromatic carbocycles. The van der Waals surface area contributed by atoms with Crippen LogP contribution in [0, 0.1) is 0 Å². The third-order valence-electron chi connectivity index (χ3n) is 2.55. The van der Waals surface area contributed by atoms with E-state index in [9.17, 15) is 8.78 Å². The van der Waals surface area contributed by atoms with Crippen molar-refractivity contribution in [2.24, 2.45) is 0 Å². The quantitative estimate of drug-likeness (QED) is 0.521. The summed E-state index contributed by atoms with van der Waals surface area (Å²) in [6, 6.07) is 7.09. The summed E-state index contributed by atoms with van der Waals surface area (Å²) in [6.07, 6.45) is -2.67. The summed E-state index contributed by atoms with van der Waals surface area (Å²) < 4.78 is 26.1. The molecule has 0 bridgehead atoms. The zero-order valence-corrected chi connectivity index (χ0v) is 12.3. The fourth-order valence-electron chi connectivity index (χ4n) is 1.69. The minimum absolute atomic E-state index is 0.201. The van der Waals surface area contributed by atoms with Gasteiger partial charge < -0.3 is 0 Å². The van der Waals surface area contributed by atoms with Gasteiger partial charge in [0.05, 0.1) is 10.0 Å². The van der Waals surface area contributed by atoms with E-state index in [0.29, 0.717) is 5.56 Å². The van der Waals surface area contributed by atoms with E-state index in [1.54, 1.807) is 0 Å². The summed E-state index contributed by atoms with van der Waals surface area (Å²) in [4.78, 5) is 0. The average Bonchev–Trinajstić information content (AvgIpc) is 2.34. The first-order valence-corrected chi connectivity index (χ1v) is 6.64. The van der Waals surface area contributed by atoms with Gasteiger partial charge in [0.25, 0.3) is 6.43 Å². The molecule has 0 saturated carbocycles. The first-order chi connectivity index (χ1) is 8.90. The smallest absolute Gasteiger partial charge is 0.205 e. The van der Waals surface area contributed by atoms with Crippen molar-refractivity contribution >= 4 is 46.4 Å². The Labute approximate surface area is 128 Å². The van der Waals surface area contributed by atoms with Gasteiger partial charge in [-0.15, -0.1) is 0 Å². The van der Waals surface area contributed by atoms with Crippen LogP contribution in [-0.4, -0.2) is 0 Å². The molecule has 0 radical (unpaired) electrons. The topological polar surface area (TPSA) is 0 Å². The van der Waals surface area contributed by atoms with Crippen molar-refractivity contribution in [2.45, 2.75) is 6.43 Å². The van der Waals surface area contributed by atoms with Gasteiger partial charge in [-0.05, 0) is 29.8 Å². The maximum Gasteiger partial charge on any atom is 0.264 e. The van der Waals surface area contributed by atoms with Crippen molar-refractivity contribution in [2.75, 3.05) is 0 Å². The van der Waals surface area contributed by atoms with Crippen LogP contribution in [0.1, 0.15) is 12.0 Å². The Balaban J connectivity index is 2.68. The molecule has 6 heteroatoms. The van der Waals surface area contributed by atoms with Gasteiger partial charge in [-0.1, -0.05) is 52.5 Å². The SMILES string of the molecule is FC(F)c1cc(Cl)ccc1-c1cc(Cl)c(Cl)cc1Cl. The normalized spacial score (nSPS) is 11.1. The second-order valence-electron chi connectivity index (χ2n) is 3.78. The van der Waals surface area contributed by atoms with Gasteiger partial charge in [0.15, 0.2) is 0 Å². The third-order valence-corrected chi connectivity index (χ3v) is 3.82. The van der Waals surface area contributed by atoms with Crippen LogP contribution in [0.3, 0.4) is 0 Å². The Bertz CT molecular complexity index is 626. The van der Waals surface area contributed by atoms with Gasteiger partial charge in [0.1, 0.15) is 0 Å². The number of halogens is 6. The summed E-state index contributed by atoms with van der Waals surface area (Å²) in [6.45, 7) is 0. The molecule has 100 valence electrons. The molecule has 19 heavy (non-hydrogen) atoms. The Kier molecular flexibility index (Phi) is 4.57. The molecule has 2 rings (SSSR count). The lowest BCUT2D eigenvalue weighted by Gasteiger charge is -2.12. The molecule has 0 aliphatic rings. The van der Waals surface area contributed by atoms with E-state index in [-0.39, 0.29) is 31.2 Å². The maximum absolute atomic E-state index is 13.0. The monoisotopic (exact) mass is 340 g/mol. The van der Waals surface area contributed by atoms with E-state index < -0.39 is 6.43 Å². The number of alkyl halides is 2. The van der Waals surface area contributed by atoms with Crippen LogP contribution < -0.4 is 0 Å². The average molecular weight is 342 g/mol. The highest BCUT2D eigenvalue weighted by Gasteiger charge is 2.17. The number of hydrogen-bond acceptors (Lipinski definition) is 0. The Hall–Kier alpha value is -0.540. The van der Waals surface area contributed by atoms with Crippen LogP contribution in [0.5, 0.6) is 0 Å². The van der Waals surface area contributed by atoms with E-state index in [1.807, 2.05) is 0 Å². The maximum atomic E-state index is 13.0. The van der Waals surface area contributed by atoms with Gasteiger partial charge in [0, 0.05) is 21.2 Å². The lowest BCUT2D eigenvalue weighted by molar-refractivity contribution is 0.152. The van der Waals surface area contributed by atoms with Gasteiger partial charge in [-0.3, -0.25) is 0 Å². The molecule has 0 atom stereocenters. The molecular weight excluding hydrogens is 336 g/mol. The molecule has 0 heterocycles. The molecule has 0 fully saturated rings. The van der Waals surface area contributed by atoms with Crippen LogP contribution in [0.25, 0.3) is 11.1 Å². The Morgan fingerprint density at radius 2 is 1.37 bits per heavy atom. The summed E-state index contributed by atoms with van der Waals surface area (Å²) >= 11 is 23.5. The third kappa shape index (κ3) is 3.14. The zero-order chi connectivity index (χ0) is 14.2. The Morgan fingerprint density at radius 3 is 2.00 bits per heavy atom. The molecule has 0 saturated heterocycles. The highest BCUT2D eigenvalue weighted by Crippen LogP contribution is 2.40. The minimum Gasteiger partial charge on any atom is -0.205 e. The van der Waals surface area contributed by atoms with E-state index >= 15 is 0 Å². The first kappa shape index (κ1) is 14.9. The number of benzene rings is 2. The van der Waals surface area contributed by atoms with E-state index in [2.05, 4.69) is 0 Å². The fourth-order valence-corrected chi connectivity index (χ4v) is 2.52. The van der Waals surface area contributed by atoms with E-state index in [0.717, 1.165) is 0 Å². The highest BCUT2D eigenvalue weighted by molar-refractivity contribution is 6.44. The molecule has 2 aromatic rings. The van der Waals surface area contributed by atoms with Crippen LogP contribution in [0.2, 0.25) is 20.1 Å². The largest absolute Gasteiger partial charge is 0.264 e. The highest BCUT2D eigenvalue weighted by atomic mass is 35.5. The van der Waals surface area contributed by atoms with Crippen LogP contribution in [-0.2, 0) is 0 Å². The van der Waals surface area contributed by atoms with Crippen LogP contribution in [0.4, 0.5) is 8.78 Å². The van der Waals surface area contributed by atoms with Gasteiger partial charge >= 0.3 is 0 Å². The van der Waals surface area contributed by atoms with E-state index in [4.69, 9.17) is 46.4 Å². The van der Waals surface area contributed by atoms with Crippen molar-refractivity contribution < 1.29 is 8.78 Å². The fraction of sp³-hybridized carbons (Fsp3) is 0.0769. The zero-order valence-electron chi connectivity index (χ0n) is 9.23. The predicted octanol–water partition coefficient (Wildman–Crippen LogP) is 6.90. The van der Waals surface area contributed by atoms with E-state index in [1.165, 1.54) is 30.3 Å². The van der Waals surface area contributed by atoms with Crippen molar-refractivity contribution in [1.29, 1.82) is 0 Å². The van der Waals surface area contributed by atoms with Crippen LogP contribution >= 0.6 is 46.4 Å². The second kappa shape index (κ2) is 5.84. The standard InChI is InChI=1S/C13H6Cl4F2/c14-6-1-2-7(9(3-6)13(18)19)8-4-11(16)12(17)5-10(8)15/h1-5,13H.